The average molecular weight is 347 g/mol. The normalized spacial score (nSPS) is 28.0. The zero-order valence-corrected chi connectivity index (χ0v) is 14.9. The average Bonchev–Trinajstić information content (AvgIpc) is 3.21. The van der Waals surface area contributed by atoms with Crippen molar-refractivity contribution in [1.82, 2.24) is 14.8 Å². The number of carbonyl (C=O) groups is 1. The first-order valence-electron chi connectivity index (χ1n) is 8.24. The molecule has 3 atom stereocenters. The zero-order valence-electron chi connectivity index (χ0n) is 14.1. The summed E-state index contributed by atoms with van der Waals surface area (Å²) in [4.78, 5) is 17.4. The Morgan fingerprint density at radius 3 is 3.04 bits per heavy atom. The number of hydrogen-bond donors (Lipinski definition) is 0. The summed E-state index contributed by atoms with van der Waals surface area (Å²) in [5.74, 6) is 0.0353. The van der Waals surface area contributed by atoms with Gasteiger partial charge in [0.15, 0.2) is 0 Å². The Morgan fingerprint density at radius 1 is 1.46 bits per heavy atom. The summed E-state index contributed by atoms with van der Waals surface area (Å²) in [6.45, 7) is 5.05. The monoisotopic (exact) mass is 347 g/mol. The van der Waals surface area contributed by atoms with Crippen LogP contribution in [0.15, 0.2) is 18.6 Å². The number of aromatic nitrogens is 3. The van der Waals surface area contributed by atoms with E-state index < -0.39 is 0 Å². The van der Waals surface area contributed by atoms with Crippen molar-refractivity contribution in [1.29, 1.82) is 0 Å². The van der Waals surface area contributed by atoms with Gasteiger partial charge in [0.25, 0.3) is 0 Å². The zero-order chi connectivity index (χ0) is 16.9. The quantitative estimate of drug-likeness (QED) is 0.799. The van der Waals surface area contributed by atoms with Crippen molar-refractivity contribution in [2.24, 2.45) is 18.4 Å². The maximum Gasteiger partial charge on any atom is 0.350 e. The van der Waals surface area contributed by atoms with E-state index in [1.165, 1.54) is 11.3 Å². The van der Waals surface area contributed by atoms with Crippen LogP contribution < -0.4 is 0 Å². The Hall–Kier alpha value is -1.73. The number of esters is 1. The highest BCUT2D eigenvalue weighted by atomic mass is 32.1. The summed E-state index contributed by atoms with van der Waals surface area (Å²) in [6, 6.07) is 0. The first-order valence-corrected chi connectivity index (χ1v) is 9.06. The summed E-state index contributed by atoms with van der Waals surface area (Å²) in [5, 5.41) is 4.91. The molecule has 2 fully saturated rings. The van der Waals surface area contributed by atoms with Gasteiger partial charge in [0, 0.05) is 36.7 Å². The first kappa shape index (κ1) is 15.8. The summed E-state index contributed by atoms with van der Waals surface area (Å²) < 4.78 is 13.4. The van der Waals surface area contributed by atoms with E-state index in [2.05, 4.69) is 23.9 Å². The SMILES string of the molecule is Cn1cc(-c2ncc(C(=O)OC3C4CCCOC4C3(C)C)s2)cn1. The van der Waals surface area contributed by atoms with Crippen LogP contribution in [0.5, 0.6) is 0 Å². The molecule has 128 valence electrons. The molecule has 0 aromatic carbocycles. The van der Waals surface area contributed by atoms with Gasteiger partial charge in [-0.25, -0.2) is 9.78 Å². The maximum absolute atomic E-state index is 12.5. The molecule has 2 aromatic rings. The Labute approximate surface area is 144 Å². The number of ether oxygens (including phenoxy) is 2. The lowest BCUT2D eigenvalue weighted by Crippen LogP contribution is -2.65. The van der Waals surface area contributed by atoms with Gasteiger partial charge in [0.05, 0.1) is 18.5 Å². The van der Waals surface area contributed by atoms with Crippen molar-refractivity contribution >= 4 is 17.3 Å². The number of fused-ring (bicyclic) bond motifs is 1. The highest BCUT2D eigenvalue weighted by Gasteiger charge is 2.60. The summed E-state index contributed by atoms with van der Waals surface area (Å²) in [5.41, 5.74) is 0.781. The minimum absolute atomic E-state index is 0.0840. The summed E-state index contributed by atoms with van der Waals surface area (Å²) in [7, 11) is 1.85. The molecule has 0 amide bonds. The van der Waals surface area contributed by atoms with Crippen LogP contribution >= 0.6 is 11.3 Å². The van der Waals surface area contributed by atoms with Gasteiger partial charge < -0.3 is 9.47 Å². The Bertz CT molecular complexity index is 767. The Kier molecular flexibility index (Phi) is 3.73. The standard InChI is InChI=1S/C17H21N3O3S/c1-17(2)13-11(5-4-6-22-13)14(17)23-16(21)12-8-18-15(24-12)10-7-19-20(3)9-10/h7-9,11,13-14H,4-6H2,1-3H3. The van der Waals surface area contributed by atoms with Crippen molar-refractivity contribution < 1.29 is 14.3 Å². The van der Waals surface area contributed by atoms with E-state index in [4.69, 9.17) is 9.47 Å². The van der Waals surface area contributed by atoms with Crippen LogP contribution in [0.1, 0.15) is 36.4 Å². The number of thiazole rings is 1. The van der Waals surface area contributed by atoms with Crippen molar-refractivity contribution in [3.63, 3.8) is 0 Å². The number of rotatable bonds is 3. The predicted molar refractivity (Wildman–Crippen MR) is 89.8 cm³/mol. The third-order valence-corrected chi connectivity index (χ3v) is 6.14. The molecule has 1 saturated heterocycles. The molecular formula is C17H21N3O3S. The third kappa shape index (κ3) is 2.46. The lowest BCUT2D eigenvalue weighted by molar-refractivity contribution is -0.243. The van der Waals surface area contributed by atoms with Gasteiger partial charge in [-0.05, 0) is 12.8 Å². The van der Waals surface area contributed by atoms with Crippen LogP contribution in [-0.4, -0.2) is 39.5 Å². The highest BCUT2D eigenvalue weighted by Crippen LogP contribution is 2.53. The number of nitrogens with zero attached hydrogens (tertiary/aromatic N) is 3. The maximum atomic E-state index is 12.5. The highest BCUT2D eigenvalue weighted by molar-refractivity contribution is 7.16. The van der Waals surface area contributed by atoms with Gasteiger partial charge in [-0.2, -0.15) is 5.10 Å². The lowest BCUT2D eigenvalue weighted by atomic mass is 9.57. The van der Waals surface area contributed by atoms with E-state index in [0.717, 1.165) is 30.0 Å². The minimum Gasteiger partial charge on any atom is -0.457 e. The van der Waals surface area contributed by atoms with Gasteiger partial charge in [-0.3, -0.25) is 4.68 Å². The fraction of sp³-hybridized carbons (Fsp3) is 0.588. The Morgan fingerprint density at radius 2 is 2.29 bits per heavy atom. The molecule has 1 aliphatic heterocycles. The Balaban J connectivity index is 1.48. The molecule has 0 N–H and O–H groups in total. The van der Waals surface area contributed by atoms with Gasteiger partial charge in [-0.1, -0.05) is 13.8 Å². The van der Waals surface area contributed by atoms with Crippen LogP contribution in [0.2, 0.25) is 0 Å². The minimum atomic E-state index is -0.287. The topological polar surface area (TPSA) is 66.2 Å². The second-order valence-corrected chi connectivity index (χ2v) is 8.21. The van der Waals surface area contributed by atoms with E-state index in [1.807, 2.05) is 13.2 Å². The molecule has 1 saturated carbocycles. The second kappa shape index (κ2) is 5.67. The fourth-order valence-electron chi connectivity index (χ4n) is 3.92. The summed E-state index contributed by atoms with van der Waals surface area (Å²) >= 11 is 1.34. The van der Waals surface area contributed by atoms with Crippen LogP contribution in [0.3, 0.4) is 0 Å². The molecule has 0 bridgehead atoms. The molecular weight excluding hydrogens is 326 g/mol. The number of aryl methyl sites for hydroxylation is 1. The van der Waals surface area contributed by atoms with Crippen LogP contribution in [0.4, 0.5) is 0 Å². The van der Waals surface area contributed by atoms with Crippen LogP contribution in [-0.2, 0) is 16.5 Å². The molecule has 2 aliphatic rings. The second-order valence-electron chi connectivity index (χ2n) is 7.18. The van der Waals surface area contributed by atoms with Crippen LogP contribution in [0, 0.1) is 11.3 Å². The molecule has 3 unspecified atom stereocenters. The lowest BCUT2D eigenvalue weighted by Gasteiger charge is -2.58. The molecule has 24 heavy (non-hydrogen) atoms. The molecule has 7 heteroatoms. The number of carbonyl (C=O) groups excluding carboxylic acids is 1. The molecule has 3 heterocycles. The van der Waals surface area contributed by atoms with Crippen LogP contribution in [0.25, 0.3) is 10.6 Å². The van der Waals surface area contributed by atoms with E-state index in [9.17, 15) is 4.79 Å². The van der Waals surface area contributed by atoms with Gasteiger partial charge in [-0.15, -0.1) is 11.3 Å². The molecule has 4 rings (SSSR count). The smallest absolute Gasteiger partial charge is 0.350 e. The van der Waals surface area contributed by atoms with Gasteiger partial charge in [0.2, 0.25) is 0 Å². The molecule has 2 aromatic heterocycles. The summed E-state index contributed by atoms with van der Waals surface area (Å²) in [6.07, 6.45) is 7.44. The molecule has 6 nitrogen and oxygen atoms in total. The van der Waals surface area contributed by atoms with Crippen molar-refractivity contribution in [3.05, 3.63) is 23.5 Å². The third-order valence-electron chi connectivity index (χ3n) is 5.12. The van der Waals surface area contributed by atoms with E-state index >= 15 is 0 Å². The fourth-order valence-corrected chi connectivity index (χ4v) is 4.70. The predicted octanol–water partition coefficient (Wildman–Crippen LogP) is 2.90. The van der Waals surface area contributed by atoms with Crippen molar-refractivity contribution in [2.45, 2.75) is 38.9 Å². The van der Waals surface area contributed by atoms with Gasteiger partial charge in [0.1, 0.15) is 16.0 Å². The largest absolute Gasteiger partial charge is 0.457 e. The van der Waals surface area contributed by atoms with Crippen molar-refractivity contribution in [3.8, 4) is 10.6 Å². The van der Waals surface area contributed by atoms with E-state index in [-0.39, 0.29) is 23.6 Å². The van der Waals surface area contributed by atoms with E-state index in [0.29, 0.717) is 10.8 Å². The van der Waals surface area contributed by atoms with E-state index in [1.54, 1.807) is 17.1 Å². The molecule has 0 radical (unpaired) electrons. The molecule has 1 aliphatic carbocycles. The number of hydrogen-bond acceptors (Lipinski definition) is 6. The van der Waals surface area contributed by atoms with Crippen molar-refractivity contribution in [2.75, 3.05) is 6.61 Å². The molecule has 0 spiro atoms. The first-order chi connectivity index (χ1) is 11.5. The van der Waals surface area contributed by atoms with Gasteiger partial charge >= 0.3 is 5.97 Å².